The Kier molecular flexibility index (Phi) is 6.45. The number of benzene rings is 2. The van der Waals surface area contributed by atoms with Crippen LogP contribution in [-0.4, -0.2) is 6.04 Å². The average Bonchev–Trinajstić information content (AvgIpc) is 2.55. The van der Waals surface area contributed by atoms with Crippen LogP contribution in [0.25, 0.3) is 0 Å². The summed E-state index contributed by atoms with van der Waals surface area (Å²) in [5.74, 6) is 5.71. The second-order valence-corrected chi connectivity index (χ2v) is 5.62. The molecular formula is C19H26N2. The lowest BCUT2D eigenvalue weighted by molar-refractivity contribution is 0.476. The van der Waals surface area contributed by atoms with E-state index in [-0.39, 0.29) is 0 Å². The van der Waals surface area contributed by atoms with Gasteiger partial charge in [0.25, 0.3) is 0 Å². The SMILES string of the molecule is CCc1ccc(CC(CCCc2ccccc2)NN)cc1. The van der Waals surface area contributed by atoms with Crippen molar-refractivity contribution in [2.24, 2.45) is 5.84 Å². The van der Waals surface area contributed by atoms with Crippen molar-refractivity contribution < 1.29 is 0 Å². The average molecular weight is 282 g/mol. The lowest BCUT2D eigenvalue weighted by Crippen LogP contribution is -2.36. The number of rotatable bonds is 8. The predicted octanol–water partition coefficient (Wildman–Crippen LogP) is 3.65. The van der Waals surface area contributed by atoms with Gasteiger partial charge in [-0.2, -0.15) is 0 Å². The summed E-state index contributed by atoms with van der Waals surface area (Å²) in [5.41, 5.74) is 7.11. The van der Waals surface area contributed by atoms with E-state index in [1.807, 2.05) is 0 Å². The topological polar surface area (TPSA) is 38.0 Å². The minimum Gasteiger partial charge on any atom is -0.271 e. The summed E-state index contributed by atoms with van der Waals surface area (Å²) in [4.78, 5) is 0. The zero-order chi connectivity index (χ0) is 14.9. The highest BCUT2D eigenvalue weighted by atomic mass is 15.2. The number of hydrogen-bond acceptors (Lipinski definition) is 2. The molecule has 2 heteroatoms. The molecule has 21 heavy (non-hydrogen) atoms. The summed E-state index contributed by atoms with van der Waals surface area (Å²) >= 11 is 0. The third-order valence-electron chi connectivity index (χ3n) is 4.01. The highest BCUT2D eigenvalue weighted by molar-refractivity contribution is 5.23. The van der Waals surface area contributed by atoms with E-state index < -0.39 is 0 Å². The molecule has 0 fully saturated rings. The standard InChI is InChI=1S/C19H26N2/c1-2-16-11-13-18(14-12-16)15-19(21-20)10-6-9-17-7-4-3-5-8-17/h3-5,7-8,11-14,19,21H,2,6,9-10,15,20H2,1H3. The number of aryl methyl sites for hydroxylation is 2. The van der Waals surface area contributed by atoms with Gasteiger partial charge in [-0.15, -0.1) is 0 Å². The van der Waals surface area contributed by atoms with Crippen molar-refractivity contribution >= 4 is 0 Å². The van der Waals surface area contributed by atoms with Gasteiger partial charge in [-0.25, -0.2) is 0 Å². The van der Waals surface area contributed by atoms with Crippen molar-refractivity contribution in [3.63, 3.8) is 0 Å². The van der Waals surface area contributed by atoms with Crippen molar-refractivity contribution in [1.82, 2.24) is 5.43 Å². The first-order chi connectivity index (χ1) is 10.3. The summed E-state index contributed by atoms with van der Waals surface area (Å²) in [6.45, 7) is 2.18. The van der Waals surface area contributed by atoms with Gasteiger partial charge in [0.05, 0.1) is 0 Å². The van der Waals surface area contributed by atoms with Crippen molar-refractivity contribution in [2.75, 3.05) is 0 Å². The molecule has 0 aliphatic heterocycles. The largest absolute Gasteiger partial charge is 0.271 e. The van der Waals surface area contributed by atoms with Crippen LogP contribution in [0.5, 0.6) is 0 Å². The molecule has 2 nitrogen and oxygen atoms in total. The van der Waals surface area contributed by atoms with E-state index in [4.69, 9.17) is 5.84 Å². The Hall–Kier alpha value is -1.64. The molecule has 0 spiro atoms. The molecule has 0 radical (unpaired) electrons. The molecule has 0 bridgehead atoms. The smallest absolute Gasteiger partial charge is 0.0251 e. The number of hydrogen-bond donors (Lipinski definition) is 2. The summed E-state index contributed by atoms with van der Waals surface area (Å²) < 4.78 is 0. The second kappa shape index (κ2) is 8.60. The molecule has 1 unspecified atom stereocenters. The van der Waals surface area contributed by atoms with Crippen LogP contribution in [0.2, 0.25) is 0 Å². The molecule has 0 aromatic heterocycles. The van der Waals surface area contributed by atoms with Crippen molar-refractivity contribution in [1.29, 1.82) is 0 Å². The van der Waals surface area contributed by atoms with Crippen LogP contribution in [0, 0.1) is 0 Å². The molecule has 0 heterocycles. The zero-order valence-corrected chi connectivity index (χ0v) is 12.9. The van der Waals surface area contributed by atoms with Crippen LogP contribution < -0.4 is 11.3 Å². The van der Waals surface area contributed by atoms with Crippen LogP contribution in [-0.2, 0) is 19.3 Å². The van der Waals surface area contributed by atoms with Gasteiger partial charge >= 0.3 is 0 Å². The van der Waals surface area contributed by atoms with Crippen molar-refractivity contribution in [3.8, 4) is 0 Å². The highest BCUT2D eigenvalue weighted by Crippen LogP contribution is 2.12. The van der Waals surface area contributed by atoms with E-state index in [0.717, 1.165) is 32.1 Å². The minimum absolute atomic E-state index is 0.348. The van der Waals surface area contributed by atoms with E-state index in [1.54, 1.807) is 0 Å². The highest BCUT2D eigenvalue weighted by Gasteiger charge is 2.07. The van der Waals surface area contributed by atoms with Gasteiger partial charge in [0, 0.05) is 6.04 Å². The Morgan fingerprint density at radius 2 is 1.57 bits per heavy atom. The van der Waals surface area contributed by atoms with Gasteiger partial charge in [-0.3, -0.25) is 11.3 Å². The first-order valence-corrected chi connectivity index (χ1v) is 7.89. The fourth-order valence-electron chi connectivity index (χ4n) is 2.64. The van der Waals surface area contributed by atoms with Gasteiger partial charge in [0.2, 0.25) is 0 Å². The molecule has 2 aromatic carbocycles. The summed E-state index contributed by atoms with van der Waals surface area (Å²) in [5, 5.41) is 0. The normalized spacial score (nSPS) is 12.3. The minimum atomic E-state index is 0.348. The van der Waals surface area contributed by atoms with Gasteiger partial charge in [0.1, 0.15) is 0 Å². The van der Waals surface area contributed by atoms with Crippen LogP contribution in [0.15, 0.2) is 54.6 Å². The van der Waals surface area contributed by atoms with Crippen LogP contribution in [0.1, 0.15) is 36.5 Å². The summed E-state index contributed by atoms with van der Waals surface area (Å²) in [7, 11) is 0. The van der Waals surface area contributed by atoms with E-state index in [2.05, 4.69) is 66.9 Å². The molecular weight excluding hydrogens is 256 g/mol. The van der Waals surface area contributed by atoms with Crippen molar-refractivity contribution in [3.05, 3.63) is 71.3 Å². The van der Waals surface area contributed by atoms with E-state index in [0.29, 0.717) is 6.04 Å². The van der Waals surface area contributed by atoms with Gasteiger partial charge in [0.15, 0.2) is 0 Å². The molecule has 0 aliphatic carbocycles. The van der Waals surface area contributed by atoms with Crippen LogP contribution in [0.3, 0.4) is 0 Å². The van der Waals surface area contributed by atoms with Crippen LogP contribution in [0.4, 0.5) is 0 Å². The summed E-state index contributed by atoms with van der Waals surface area (Å²) in [6, 6.07) is 19.9. The maximum absolute atomic E-state index is 5.71. The van der Waals surface area contributed by atoms with E-state index in [1.165, 1.54) is 16.7 Å². The maximum Gasteiger partial charge on any atom is 0.0251 e. The van der Waals surface area contributed by atoms with Gasteiger partial charge in [-0.1, -0.05) is 61.5 Å². The third-order valence-corrected chi connectivity index (χ3v) is 4.01. The van der Waals surface area contributed by atoms with Gasteiger partial charge in [-0.05, 0) is 48.8 Å². The lowest BCUT2D eigenvalue weighted by atomic mass is 9.98. The Bertz CT molecular complexity index is 505. The molecule has 0 saturated heterocycles. The Morgan fingerprint density at radius 1 is 0.905 bits per heavy atom. The number of nitrogens with two attached hydrogens (primary N) is 1. The lowest BCUT2D eigenvalue weighted by Gasteiger charge is -2.16. The molecule has 0 saturated carbocycles. The summed E-state index contributed by atoms with van der Waals surface area (Å²) in [6.07, 6.45) is 5.46. The third kappa shape index (κ3) is 5.33. The van der Waals surface area contributed by atoms with Crippen LogP contribution >= 0.6 is 0 Å². The predicted molar refractivity (Wildman–Crippen MR) is 90.0 cm³/mol. The Labute approximate surface area is 128 Å². The molecule has 0 aliphatic rings. The molecule has 1 atom stereocenters. The second-order valence-electron chi connectivity index (χ2n) is 5.62. The Morgan fingerprint density at radius 3 is 2.19 bits per heavy atom. The number of hydrazine groups is 1. The van der Waals surface area contributed by atoms with E-state index in [9.17, 15) is 0 Å². The monoisotopic (exact) mass is 282 g/mol. The molecule has 0 amide bonds. The zero-order valence-electron chi connectivity index (χ0n) is 12.9. The van der Waals surface area contributed by atoms with E-state index >= 15 is 0 Å². The van der Waals surface area contributed by atoms with Crippen molar-refractivity contribution in [2.45, 2.75) is 45.1 Å². The Balaban J connectivity index is 1.79. The molecule has 3 N–H and O–H groups in total. The number of nitrogens with one attached hydrogen (secondary N) is 1. The molecule has 2 rings (SSSR count). The maximum atomic E-state index is 5.71. The molecule has 112 valence electrons. The molecule has 2 aromatic rings. The quantitative estimate of drug-likeness (QED) is 0.573. The fraction of sp³-hybridized carbons (Fsp3) is 0.368. The van der Waals surface area contributed by atoms with Gasteiger partial charge < -0.3 is 0 Å². The fourth-order valence-corrected chi connectivity index (χ4v) is 2.64. The first kappa shape index (κ1) is 15.7. The first-order valence-electron chi connectivity index (χ1n) is 7.89.